The first-order chi connectivity index (χ1) is 10.7. The number of rotatable bonds is 1. The summed E-state index contributed by atoms with van der Waals surface area (Å²) in [6.45, 7) is 13.1. The van der Waals surface area contributed by atoms with Gasteiger partial charge in [0.05, 0.1) is 5.71 Å². The second kappa shape index (κ2) is 6.64. The first-order valence-corrected chi connectivity index (χ1v) is 8.92. The zero-order chi connectivity index (χ0) is 16.8. The van der Waals surface area contributed by atoms with Crippen molar-refractivity contribution >= 4 is 34.5 Å². The summed E-state index contributed by atoms with van der Waals surface area (Å²) in [4.78, 5) is 0. The van der Waals surface area contributed by atoms with Crippen molar-refractivity contribution in [3.8, 4) is 0 Å². The molecule has 0 fully saturated rings. The summed E-state index contributed by atoms with van der Waals surface area (Å²) >= 11 is 1.70. The Bertz CT molecular complexity index is 749. The van der Waals surface area contributed by atoms with E-state index in [2.05, 4.69) is 76.0 Å². The fourth-order valence-corrected chi connectivity index (χ4v) is 3.34. The molecule has 2 heterocycles. The lowest BCUT2D eigenvalue weighted by molar-refractivity contribution is 0.509. The molecule has 24 heavy (non-hydrogen) atoms. The van der Waals surface area contributed by atoms with Crippen LogP contribution in [0.25, 0.3) is 0 Å². The number of aromatic nitrogens is 3. The standard InChI is InChI=1S/C18H24N4S.BrH/c1-17(2,3)13-9-7-12(8-10-13)14-11-23-16-20-19-15(18(4,5)6)22(16)21-14;/h7-10H,11H2,1-6H3;1H. The summed E-state index contributed by atoms with van der Waals surface area (Å²) in [6.07, 6.45) is 0. The fourth-order valence-electron chi connectivity index (χ4n) is 2.50. The van der Waals surface area contributed by atoms with E-state index in [4.69, 9.17) is 5.10 Å². The van der Waals surface area contributed by atoms with Gasteiger partial charge in [0.1, 0.15) is 0 Å². The molecule has 6 heteroatoms. The molecular formula is C18H25BrN4S. The Balaban J connectivity index is 0.00000208. The van der Waals surface area contributed by atoms with Crippen LogP contribution in [0.5, 0.6) is 0 Å². The van der Waals surface area contributed by atoms with Gasteiger partial charge in [0.2, 0.25) is 5.16 Å². The molecule has 0 unspecified atom stereocenters. The highest BCUT2D eigenvalue weighted by Gasteiger charge is 2.27. The third-order valence-corrected chi connectivity index (χ3v) is 4.86. The molecule has 0 amide bonds. The number of hydrogen-bond acceptors (Lipinski definition) is 4. The summed E-state index contributed by atoms with van der Waals surface area (Å²) in [7, 11) is 0. The monoisotopic (exact) mass is 408 g/mol. The average Bonchev–Trinajstić information content (AvgIpc) is 2.89. The minimum Gasteiger partial charge on any atom is -0.191 e. The summed E-state index contributed by atoms with van der Waals surface area (Å²) in [5.41, 5.74) is 3.68. The van der Waals surface area contributed by atoms with Crippen molar-refractivity contribution in [3.05, 3.63) is 41.2 Å². The summed E-state index contributed by atoms with van der Waals surface area (Å²) in [5.74, 6) is 1.74. The van der Waals surface area contributed by atoms with Gasteiger partial charge in [-0.15, -0.1) is 27.2 Å². The Kier molecular flexibility index (Phi) is 5.31. The van der Waals surface area contributed by atoms with Crippen LogP contribution in [-0.2, 0) is 10.8 Å². The van der Waals surface area contributed by atoms with E-state index in [1.807, 2.05) is 4.68 Å². The maximum Gasteiger partial charge on any atom is 0.212 e. The third-order valence-electron chi connectivity index (χ3n) is 3.93. The quantitative estimate of drug-likeness (QED) is 0.679. The van der Waals surface area contributed by atoms with E-state index in [1.54, 1.807) is 11.8 Å². The van der Waals surface area contributed by atoms with E-state index in [-0.39, 0.29) is 27.8 Å². The van der Waals surface area contributed by atoms with Gasteiger partial charge < -0.3 is 0 Å². The van der Waals surface area contributed by atoms with Gasteiger partial charge in [0.25, 0.3) is 0 Å². The van der Waals surface area contributed by atoms with Crippen LogP contribution >= 0.6 is 28.7 Å². The van der Waals surface area contributed by atoms with Gasteiger partial charge in [-0.25, -0.2) is 0 Å². The first kappa shape index (κ1) is 19.2. The molecule has 0 atom stereocenters. The Morgan fingerprint density at radius 2 is 1.54 bits per heavy atom. The molecule has 0 aliphatic carbocycles. The summed E-state index contributed by atoms with van der Waals surface area (Å²) < 4.78 is 1.90. The number of thioether (sulfide) groups is 1. The molecule has 1 aromatic carbocycles. The van der Waals surface area contributed by atoms with Gasteiger partial charge in [-0.05, 0) is 16.5 Å². The molecule has 0 bridgehead atoms. The van der Waals surface area contributed by atoms with Gasteiger partial charge in [-0.3, -0.25) is 0 Å². The van der Waals surface area contributed by atoms with E-state index in [1.165, 1.54) is 11.1 Å². The highest BCUT2D eigenvalue weighted by molar-refractivity contribution is 8.93. The van der Waals surface area contributed by atoms with Crippen LogP contribution in [0.2, 0.25) is 0 Å². The Morgan fingerprint density at radius 1 is 0.917 bits per heavy atom. The van der Waals surface area contributed by atoms with Crippen LogP contribution < -0.4 is 0 Å². The normalized spacial score (nSPS) is 14.7. The topological polar surface area (TPSA) is 43.1 Å². The van der Waals surface area contributed by atoms with Gasteiger partial charge in [0.15, 0.2) is 5.82 Å². The van der Waals surface area contributed by atoms with E-state index < -0.39 is 0 Å². The first-order valence-electron chi connectivity index (χ1n) is 7.94. The predicted octanol–water partition coefficient (Wildman–Crippen LogP) is 4.81. The van der Waals surface area contributed by atoms with Crippen molar-refractivity contribution in [2.45, 2.75) is 57.5 Å². The number of nitrogens with zero attached hydrogens (tertiary/aromatic N) is 4. The number of hydrogen-bond donors (Lipinski definition) is 0. The lowest BCUT2D eigenvalue weighted by Crippen LogP contribution is -2.21. The average molecular weight is 409 g/mol. The molecule has 4 nitrogen and oxygen atoms in total. The van der Waals surface area contributed by atoms with Crippen molar-refractivity contribution in [3.63, 3.8) is 0 Å². The van der Waals surface area contributed by atoms with Crippen LogP contribution in [0.1, 0.15) is 58.5 Å². The van der Waals surface area contributed by atoms with E-state index in [0.29, 0.717) is 0 Å². The van der Waals surface area contributed by atoms with Crippen molar-refractivity contribution in [1.82, 2.24) is 14.9 Å². The van der Waals surface area contributed by atoms with Gasteiger partial charge >= 0.3 is 0 Å². The molecular weight excluding hydrogens is 384 g/mol. The molecule has 130 valence electrons. The van der Waals surface area contributed by atoms with E-state index in [0.717, 1.165) is 22.4 Å². The zero-order valence-electron chi connectivity index (χ0n) is 15.1. The van der Waals surface area contributed by atoms with Gasteiger partial charge in [0, 0.05) is 11.2 Å². The number of halogens is 1. The fraction of sp³-hybridized carbons (Fsp3) is 0.500. The van der Waals surface area contributed by atoms with Gasteiger partial charge in [-0.1, -0.05) is 77.6 Å². The van der Waals surface area contributed by atoms with Crippen molar-refractivity contribution in [2.75, 3.05) is 5.75 Å². The molecule has 1 aromatic heterocycles. The highest BCUT2D eigenvalue weighted by atomic mass is 79.9. The maximum absolute atomic E-state index is 4.82. The minimum absolute atomic E-state index is 0. The molecule has 0 saturated heterocycles. The van der Waals surface area contributed by atoms with Crippen LogP contribution in [-0.4, -0.2) is 26.3 Å². The largest absolute Gasteiger partial charge is 0.212 e. The Hall–Kier alpha value is -1.14. The number of benzene rings is 1. The van der Waals surface area contributed by atoms with E-state index >= 15 is 0 Å². The van der Waals surface area contributed by atoms with Crippen LogP contribution in [0.4, 0.5) is 0 Å². The molecule has 0 saturated carbocycles. The second-order valence-corrected chi connectivity index (χ2v) is 8.97. The van der Waals surface area contributed by atoms with Crippen molar-refractivity contribution < 1.29 is 0 Å². The Morgan fingerprint density at radius 3 is 2.08 bits per heavy atom. The van der Waals surface area contributed by atoms with Crippen molar-refractivity contribution in [1.29, 1.82) is 0 Å². The molecule has 0 N–H and O–H groups in total. The van der Waals surface area contributed by atoms with Gasteiger partial charge in [-0.2, -0.15) is 9.78 Å². The zero-order valence-corrected chi connectivity index (χ0v) is 17.7. The van der Waals surface area contributed by atoms with Crippen LogP contribution in [0.15, 0.2) is 34.5 Å². The smallest absolute Gasteiger partial charge is 0.191 e. The highest BCUT2D eigenvalue weighted by Crippen LogP contribution is 2.29. The molecule has 0 spiro atoms. The molecule has 3 rings (SSSR count). The predicted molar refractivity (Wildman–Crippen MR) is 107 cm³/mol. The summed E-state index contributed by atoms with van der Waals surface area (Å²) in [5, 5.41) is 14.3. The van der Waals surface area contributed by atoms with Crippen molar-refractivity contribution in [2.24, 2.45) is 5.10 Å². The van der Waals surface area contributed by atoms with E-state index in [9.17, 15) is 0 Å². The molecule has 1 aliphatic heterocycles. The Labute approximate surface area is 158 Å². The second-order valence-electron chi connectivity index (χ2n) is 8.03. The third kappa shape index (κ3) is 3.75. The maximum atomic E-state index is 4.82. The summed E-state index contributed by atoms with van der Waals surface area (Å²) in [6, 6.07) is 8.75. The lowest BCUT2D eigenvalue weighted by atomic mass is 9.86. The molecule has 0 radical (unpaired) electrons. The SMILES string of the molecule is Br.CC(C)(C)c1ccc(C2=Nn3c(nnc3C(C)(C)C)SC2)cc1. The molecule has 2 aromatic rings. The molecule has 1 aliphatic rings. The lowest BCUT2D eigenvalue weighted by Gasteiger charge is -2.21. The minimum atomic E-state index is -0.0755. The number of fused-ring (bicyclic) bond motifs is 1. The van der Waals surface area contributed by atoms with Crippen LogP contribution in [0, 0.1) is 0 Å². The van der Waals surface area contributed by atoms with Crippen LogP contribution in [0.3, 0.4) is 0 Å².